The van der Waals surface area contributed by atoms with Gasteiger partial charge in [-0.2, -0.15) is 0 Å². The molecule has 0 bridgehead atoms. The first kappa shape index (κ1) is 18.2. The zero-order valence-corrected chi connectivity index (χ0v) is 15.0. The van der Waals surface area contributed by atoms with Gasteiger partial charge in [0.2, 0.25) is 0 Å². The van der Waals surface area contributed by atoms with Gasteiger partial charge in [0.25, 0.3) is 17.4 Å². The molecule has 0 aliphatic rings. The molecule has 0 fully saturated rings. The molecule has 0 radical (unpaired) electrons. The summed E-state index contributed by atoms with van der Waals surface area (Å²) in [5.74, 6) is -0.689. The molecule has 0 spiro atoms. The summed E-state index contributed by atoms with van der Waals surface area (Å²) >= 11 is 0. The first-order valence-corrected chi connectivity index (χ1v) is 8.35. The van der Waals surface area contributed by atoms with Crippen LogP contribution in [0.1, 0.15) is 21.5 Å². The molecule has 138 valence electrons. The number of aromatic nitrogens is 1. The van der Waals surface area contributed by atoms with Crippen molar-refractivity contribution >= 4 is 22.7 Å². The highest BCUT2D eigenvalue weighted by Crippen LogP contribution is 2.16. The topological polar surface area (TPSA) is 100 Å². The number of hydrogen-bond donors (Lipinski definition) is 3. The minimum atomic E-state index is -0.707. The molecule has 1 aromatic heterocycles. The highest BCUT2D eigenvalue weighted by molar-refractivity contribution is 5.98. The Bertz CT molecular complexity index is 1070. The van der Waals surface area contributed by atoms with E-state index in [0.717, 1.165) is 11.1 Å². The van der Waals surface area contributed by atoms with E-state index in [1.54, 1.807) is 30.3 Å². The summed E-state index contributed by atoms with van der Waals surface area (Å²) in [5, 5.41) is 0.714. The summed E-state index contributed by atoms with van der Waals surface area (Å²) in [6.07, 6.45) is 0. The van der Waals surface area contributed by atoms with Crippen LogP contribution in [0.15, 0.2) is 53.3 Å². The lowest BCUT2D eigenvalue weighted by Crippen LogP contribution is -2.45. The number of amides is 2. The van der Waals surface area contributed by atoms with Crippen molar-refractivity contribution in [3.63, 3.8) is 0 Å². The van der Waals surface area contributed by atoms with Crippen molar-refractivity contribution in [2.45, 2.75) is 13.8 Å². The predicted octanol–water partition coefficient (Wildman–Crippen LogP) is 1.98. The number of H-pyrrole nitrogens is 1. The molecule has 0 atom stereocenters. The van der Waals surface area contributed by atoms with Gasteiger partial charge in [-0.1, -0.05) is 24.3 Å². The number of aromatic amines is 1. The van der Waals surface area contributed by atoms with Gasteiger partial charge in [-0.15, -0.1) is 0 Å². The second kappa shape index (κ2) is 7.74. The lowest BCUT2D eigenvalue weighted by Gasteiger charge is -2.10. The quantitative estimate of drug-likeness (QED) is 0.616. The van der Waals surface area contributed by atoms with E-state index in [1.165, 1.54) is 6.07 Å². The number of hydrazine groups is 1. The molecular weight excluding hydrogens is 346 g/mol. The molecule has 1 heterocycles. The molecular formula is C20H19N3O4. The van der Waals surface area contributed by atoms with Gasteiger partial charge in [0, 0.05) is 5.52 Å². The maximum atomic E-state index is 12.2. The number of carbonyl (C=O) groups is 2. The standard InChI is InChI=1S/C20H19N3O4/c1-12-7-8-15(9-13(12)2)27-11-18(24)22-23-20(26)16-10-14-5-3-4-6-17(14)21-19(16)25/h3-10H,11H2,1-2H3,(H,21,25)(H,22,24)(H,23,26). The number of para-hydroxylation sites is 1. The Balaban J connectivity index is 1.58. The van der Waals surface area contributed by atoms with Gasteiger partial charge in [-0.05, 0) is 54.6 Å². The number of aryl methyl sites for hydroxylation is 2. The molecule has 3 N–H and O–H groups in total. The van der Waals surface area contributed by atoms with Crippen molar-refractivity contribution in [2.75, 3.05) is 6.61 Å². The lowest BCUT2D eigenvalue weighted by molar-refractivity contribution is -0.123. The SMILES string of the molecule is Cc1ccc(OCC(=O)NNC(=O)c2cc3ccccc3[nH]c2=O)cc1C. The van der Waals surface area contributed by atoms with Crippen LogP contribution in [0.2, 0.25) is 0 Å². The molecule has 2 amide bonds. The van der Waals surface area contributed by atoms with Crippen LogP contribution in [0, 0.1) is 13.8 Å². The molecule has 0 aliphatic carbocycles. The maximum Gasteiger partial charge on any atom is 0.276 e. The fraction of sp³-hybridized carbons (Fsp3) is 0.150. The fourth-order valence-electron chi connectivity index (χ4n) is 2.50. The summed E-state index contributed by atoms with van der Waals surface area (Å²) in [7, 11) is 0. The summed E-state index contributed by atoms with van der Waals surface area (Å²) in [5.41, 5.74) is 6.64. The third kappa shape index (κ3) is 4.33. The number of rotatable bonds is 4. The van der Waals surface area contributed by atoms with Crippen LogP contribution in [-0.4, -0.2) is 23.4 Å². The Labute approximate surface area is 155 Å². The first-order chi connectivity index (χ1) is 12.9. The van der Waals surface area contributed by atoms with Crippen molar-refractivity contribution in [1.29, 1.82) is 0 Å². The Kier molecular flexibility index (Phi) is 5.21. The van der Waals surface area contributed by atoms with Gasteiger partial charge in [-0.3, -0.25) is 25.2 Å². The normalized spacial score (nSPS) is 10.4. The van der Waals surface area contributed by atoms with Crippen LogP contribution in [0.25, 0.3) is 10.9 Å². The number of carbonyl (C=O) groups excluding carboxylic acids is 2. The highest BCUT2D eigenvalue weighted by atomic mass is 16.5. The minimum absolute atomic E-state index is 0.0934. The van der Waals surface area contributed by atoms with E-state index in [9.17, 15) is 14.4 Å². The average Bonchev–Trinajstić information content (AvgIpc) is 2.66. The van der Waals surface area contributed by atoms with Crippen molar-refractivity contribution in [2.24, 2.45) is 0 Å². The number of benzene rings is 2. The zero-order valence-electron chi connectivity index (χ0n) is 15.0. The van der Waals surface area contributed by atoms with Crippen molar-refractivity contribution in [1.82, 2.24) is 15.8 Å². The molecule has 7 nitrogen and oxygen atoms in total. The number of fused-ring (bicyclic) bond motifs is 1. The summed E-state index contributed by atoms with van der Waals surface area (Å²) in [6.45, 7) is 3.66. The smallest absolute Gasteiger partial charge is 0.276 e. The van der Waals surface area contributed by atoms with Crippen LogP contribution in [0.4, 0.5) is 0 Å². The molecule has 27 heavy (non-hydrogen) atoms. The second-order valence-electron chi connectivity index (χ2n) is 6.14. The van der Waals surface area contributed by atoms with Gasteiger partial charge in [-0.25, -0.2) is 0 Å². The Morgan fingerprint density at radius 3 is 2.56 bits per heavy atom. The minimum Gasteiger partial charge on any atom is -0.484 e. The molecule has 0 unspecified atom stereocenters. The largest absolute Gasteiger partial charge is 0.484 e. The van der Waals surface area contributed by atoms with Gasteiger partial charge < -0.3 is 9.72 Å². The second-order valence-corrected chi connectivity index (χ2v) is 6.14. The Morgan fingerprint density at radius 2 is 1.78 bits per heavy atom. The first-order valence-electron chi connectivity index (χ1n) is 8.35. The number of hydrogen-bond acceptors (Lipinski definition) is 4. The lowest BCUT2D eigenvalue weighted by atomic mass is 10.1. The van der Waals surface area contributed by atoms with Crippen molar-refractivity contribution < 1.29 is 14.3 Å². The molecule has 0 saturated heterocycles. The molecule has 3 aromatic rings. The van der Waals surface area contributed by atoms with E-state index in [4.69, 9.17) is 4.74 Å². The number of ether oxygens (including phenoxy) is 1. The molecule has 0 aliphatic heterocycles. The van der Waals surface area contributed by atoms with Gasteiger partial charge >= 0.3 is 0 Å². The van der Waals surface area contributed by atoms with Crippen LogP contribution >= 0.6 is 0 Å². The number of pyridine rings is 1. The zero-order chi connectivity index (χ0) is 19.4. The Morgan fingerprint density at radius 1 is 1.00 bits per heavy atom. The van der Waals surface area contributed by atoms with Crippen LogP contribution < -0.4 is 21.1 Å². The maximum absolute atomic E-state index is 12.2. The van der Waals surface area contributed by atoms with Crippen molar-refractivity contribution in [3.8, 4) is 5.75 Å². The van der Waals surface area contributed by atoms with Crippen LogP contribution in [-0.2, 0) is 4.79 Å². The third-order valence-corrected chi connectivity index (χ3v) is 4.16. The Hall–Kier alpha value is -3.61. The van der Waals surface area contributed by atoms with Crippen LogP contribution in [0.3, 0.4) is 0 Å². The molecule has 3 rings (SSSR count). The molecule has 2 aromatic carbocycles. The van der Waals surface area contributed by atoms with E-state index in [1.807, 2.05) is 26.0 Å². The van der Waals surface area contributed by atoms with Crippen molar-refractivity contribution in [3.05, 3.63) is 75.6 Å². The number of nitrogens with one attached hydrogen (secondary N) is 3. The van der Waals surface area contributed by atoms with E-state index in [2.05, 4.69) is 15.8 Å². The molecule has 0 saturated carbocycles. The monoisotopic (exact) mass is 365 g/mol. The van der Waals surface area contributed by atoms with Gasteiger partial charge in [0.1, 0.15) is 11.3 Å². The van der Waals surface area contributed by atoms with Gasteiger partial charge in [0.05, 0.1) is 0 Å². The predicted molar refractivity (Wildman–Crippen MR) is 102 cm³/mol. The summed E-state index contributed by atoms with van der Waals surface area (Å²) < 4.78 is 5.39. The molecule has 7 heteroatoms. The average molecular weight is 365 g/mol. The van der Waals surface area contributed by atoms with E-state index in [-0.39, 0.29) is 12.2 Å². The van der Waals surface area contributed by atoms with Gasteiger partial charge in [0.15, 0.2) is 6.61 Å². The van der Waals surface area contributed by atoms with E-state index < -0.39 is 17.4 Å². The third-order valence-electron chi connectivity index (χ3n) is 4.16. The van der Waals surface area contributed by atoms with E-state index >= 15 is 0 Å². The summed E-state index contributed by atoms with van der Waals surface area (Å²) in [6, 6.07) is 14.1. The summed E-state index contributed by atoms with van der Waals surface area (Å²) in [4.78, 5) is 38.7. The van der Waals surface area contributed by atoms with Crippen LogP contribution in [0.5, 0.6) is 5.75 Å². The van der Waals surface area contributed by atoms with E-state index in [0.29, 0.717) is 16.7 Å². The fourth-order valence-corrected chi connectivity index (χ4v) is 2.50. The highest BCUT2D eigenvalue weighted by Gasteiger charge is 2.13.